The summed E-state index contributed by atoms with van der Waals surface area (Å²) in [5.41, 5.74) is 2.29. The van der Waals surface area contributed by atoms with Crippen LogP contribution < -0.4 is 10.1 Å². The fourth-order valence-corrected chi connectivity index (χ4v) is 3.10. The molecule has 1 aromatic heterocycles. The molecule has 0 atom stereocenters. The Kier molecular flexibility index (Phi) is 6.13. The second-order valence-electron chi connectivity index (χ2n) is 5.67. The first kappa shape index (κ1) is 19.2. The fourth-order valence-electron chi connectivity index (χ4n) is 2.38. The van der Waals surface area contributed by atoms with Crippen LogP contribution in [-0.2, 0) is 4.79 Å². The Balaban J connectivity index is 1.61. The molecule has 0 aliphatic carbocycles. The van der Waals surface area contributed by atoms with E-state index in [4.69, 9.17) is 4.74 Å². The predicted octanol–water partition coefficient (Wildman–Crippen LogP) is 4.77. The molecule has 0 aliphatic rings. The number of nitro groups is 1. The number of nitro benzene ring substituents is 1. The highest BCUT2D eigenvalue weighted by atomic mass is 32.1. The maximum atomic E-state index is 12.1. The van der Waals surface area contributed by atoms with Crippen LogP contribution in [-0.4, -0.2) is 22.4 Å². The van der Waals surface area contributed by atoms with Crippen molar-refractivity contribution in [1.29, 1.82) is 0 Å². The highest BCUT2D eigenvalue weighted by Gasteiger charge is 2.09. The van der Waals surface area contributed by atoms with E-state index in [9.17, 15) is 14.9 Å². The summed E-state index contributed by atoms with van der Waals surface area (Å²) in [4.78, 5) is 26.7. The van der Waals surface area contributed by atoms with Crippen LogP contribution in [0.2, 0.25) is 0 Å². The lowest BCUT2D eigenvalue weighted by molar-refractivity contribution is -0.384. The Bertz CT molecular complexity index is 995. The zero-order valence-electron chi connectivity index (χ0n) is 15.0. The van der Waals surface area contributed by atoms with E-state index in [1.54, 1.807) is 23.6 Å². The van der Waals surface area contributed by atoms with Crippen molar-refractivity contribution in [2.75, 3.05) is 11.9 Å². The molecule has 1 N–H and O–H groups in total. The number of hydrogen-bond acceptors (Lipinski definition) is 6. The Morgan fingerprint density at radius 3 is 2.57 bits per heavy atom. The van der Waals surface area contributed by atoms with Gasteiger partial charge in [-0.05, 0) is 42.8 Å². The van der Waals surface area contributed by atoms with Gasteiger partial charge in [0, 0.05) is 29.2 Å². The van der Waals surface area contributed by atoms with Crippen LogP contribution >= 0.6 is 11.3 Å². The van der Waals surface area contributed by atoms with Gasteiger partial charge < -0.3 is 4.74 Å². The van der Waals surface area contributed by atoms with E-state index in [0.29, 0.717) is 17.4 Å². The van der Waals surface area contributed by atoms with Crippen molar-refractivity contribution in [2.24, 2.45) is 0 Å². The number of ether oxygens (including phenoxy) is 1. The lowest BCUT2D eigenvalue weighted by atomic mass is 10.1. The number of benzene rings is 2. The van der Waals surface area contributed by atoms with Gasteiger partial charge in [-0.3, -0.25) is 20.2 Å². The van der Waals surface area contributed by atoms with Gasteiger partial charge in [0.2, 0.25) is 5.91 Å². The van der Waals surface area contributed by atoms with Crippen molar-refractivity contribution in [1.82, 2.24) is 4.98 Å². The summed E-state index contributed by atoms with van der Waals surface area (Å²) >= 11 is 1.28. The number of anilines is 1. The molecule has 3 rings (SSSR count). The summed E-state index contributed by atoms with van der Waals surface area (Å²) in [7, 11) is 0. The zero-order chi connectivity index (χ0) is 19.9. The number of thiazole rings is 1. The maximum absolute atomic E-state index is 12.1. The van der Waals surface area contributed by atoms with Crippen LogP contribution in [0, 0.1) is 10.1 Å². The summed E-state index contributed by atoms with van der Waals surface area (Å²) in [5.74, 6) is 0.490. The van der Waals surface area contributed by atoms with Gasteiger partial charge in [-0.2, -0.15) is 0 Å². The van der Waals surface area contributed by atoms with Gasteiger partial charge in [0.25, 0.3) is 5.69 Å². The van der Waals surface area contributed by atoms with E-state index in [0.717, 1.165) is 16.9 Å². The first-order valence-corrected chi connectivity index (χ1v) is 9.35. The molecule has 1 heterocycles. The average molecular weight is 395 g/mol. The lowest BCUT2D eigenvalue weighted by Gasteiger charge is -2.02. The number of nitrogens with one attached hydrogen (secondary N) is 1. The Labute approximate surface area is 165 Å². The molecule has 0 spiro atoms. The molecule has 0 saturated carbocycles. The van der Waals surface area contributed by atoms with Crippen LogP contribution in [0.1, 0.15) is 12.5 Å². The molecule has 0 saturated heterocycles. The molecule has 142 valence electrons. The number of hydrogen-bond donors (Lipinski definition) is 1. The highest BCUT2D eigenvalue weighted by molar-refractivity contribution is 7.14. The summed E-state index contributed by atoms with van der Waals surface area (Å²) in [6.45, 7) is 2.52. The maximum Gasteiger partial charge on any atom is 0.269 e. The minimum absolute atomic E-state index is 0.0203. The van der Waals surface area contributed by atoms with Gasteiger partial charge in [0.05, 0.1) is 17.2 Å². The quantitative estimate of drug-likeness (QED) is 0.353. The van der Waals surface area contributed by atoms with Crippen LogP contribution in [0.25, 0.3) is 17.3 Å². The molecular formula is C20H17N3O4S. The first-order chi connectivity index (χ1) is 13.5. The van der Waals surface area contributed by atoms with E-state index in [2.05, 4.69) is 10.3 Å². The number of aromatic nitrogens is 1. The molecule has 1 amide bonds. The van der Waals surface area contributed by atoms with E-state index in [1.165, 1.54) is 29.5 Å². The SMILES string of the molecule is CCOc1ccc(C=CC(=O)Nc2nc(-c3ccc([N+](=O)[O-])cc3)cs2)cc1. The topological polar surface area (TPSA) is 94.4 Å². The van der Waals surface area contributed by atoms with Gasteiger partial charge in [-0.25, -0.2) is 4.98 Å². The van der Waals surface area contributed by atoms with Crippen molar-refractivity contribution in [2.45, 2.75) is 6.92 Å². The van der Waals surface area contributed by atoms with Gasteiger partial charge in [-0.15, -0.1) is 11.3 Å². The molecule has 7 nitrogen and oxygen atoms in total. The van der Waals surface area contributed by atoms with Crippen molar-refractivity contribution in [3.63, 3.8) is 0 Å². The number of carbonyl (C=O) groups excluding carboxylic acids is 1. The molecular weight excluding hydrogens is 378 g/mol. The Morgan fingerprint density at radius 1 is 1.21 bits per heavy atom. The van der Waals surface area contributed by atoms with E-state index >= 15 is 0 Å². The molecule has 3 aromatic rings. The Hall–Kier alpha value is -3.52. The van der Waals surface area contributed by atoms with Crippen molar-refractivity contribution < 1.29 is 14.5 Å². The largest absolute Gasteiger partial charge is 0.494 e. The van der Waals surface area contributed by atoms with Gasteiger partial charge in [-0.1, -0.05) is 12.1 Å². The number of carbonyl (C=O) groups is 1. The monoisotopic (exact) mass is 395 g/mol. The van der Waals surface area contributed by atoms with E-state index in [-0.39, 0.29) is 11.6 Å². The third kappa shape index (κ3) is 5.01. The standard InChI is InChI=1S/C20H17N3O4S/c1-2-27-17-10-3-14(4-11-17)5-12-19(24)22-20-21-18(13-28-20)15-6-8-16(9-7-15)23(25)26/h3-13H,2H2,1H3,(H,21,22,24). The molecule has 0 aliphatic heterocycles. The summed E-state index contributed by atoms with van der Waals surface area (Å²) < 4.78 is 5.38. The third-order valence-corrected chi connectivity index (χ3v) is 4.48. The van der Waals surface area contributed by atoms with Crippen LogP contribution in [0.15, 0.2) is 60.0 Å². The molecule has 0 unspecified atom stereocenters. The summed E-state index contributed by atoms with van der Waals surface area (Å²) in [5, 5.41) is 15.7. The van der Waals surface area contributed by atoms with Crippen LogP contribution in [0.4, 0.5) is 10.8 Å². The third-order valence-electron chi connectivity index (χ3n) is 3.73. The van der Waals surface area contributed by atoms with Crippen molar-refractivity contribution >= 4 is 34.1 Å². The minimum Gasteiger partial charge on any atom is -0.494 e. The minimum atomic E-state index is -0.451. The van der Waals surface area contributed by atoms with Gasteiger partial charge >= 0.3 is 0 Å². The fraction of sp³-hybridized carbons (Fsp3) is 0.100. The molecule has 0 radical (unpaired) electrons. The average Bonchev–Trinajstić information content (AvgIpc) is 3.16. The second kappa shape index (κ2) is 8.92. The van der Waals surface area contributed by atoms with Crippen LogP contribution in [0.3, 0.4) is 0 Å². The van der Waals surface area contributed by atoms with Crippen molar-refractivity contribution in [3.8, 4) is 17.0 Å². The molecule has 2 aromatic carbocycles. The first-order valence-electron chi connectivity index (χ1n) is 8.47. The number of nitrogens with zero attached hydrogens (tertiary/aromatic N) is 2. The van der Waals surface area contributed by atoms with Gasteiger partial charge in [0.1, 0.15) is 5.75 Å². The lowest BCUT2D eigenvalue weighted by Crippen LogP contribution is -2.07. The number of non-ortho nitro benzene ring substituents is 1. The zero-order valence-corrected chi connectivity index (χ0v) is 15.8. The molecule has 0 bridgehead atoms. The van der Waals surface area contributed by atoms with E-state index in [1.807, 2.05) is 31.2 Å². The van der Waals surface area contributed by atoms with E-state index < -0.39 is 4.92 Å². The molecule has 8 heteroatoms. The predicted molar refractivity (Wildman–Crippen MR) is 109 cm³/mol. The normalized spacial score (nSPS) is 10.8. The second-order valence-corrected chi connectivity index (χ2v) is 6.52. The summed E-state index contributed by atoms with van der Waals surface area (Å²) in [6, 6.07) is 13.5. The Morgan fingerprint density at radius 2 is 1.93 bits per heavy atom. The molecule has 0 fully saturated rings. The number of rotatable bonds is 7. The summed E-state index contributed by atoms with van der Waals surface area (Å²) in [6.07, 6.45) is 3.14. The molecule has 28 heavy (non-hydrogen) atoms. The van der Waals surface area contributed by atoms with Crippen LogP contribution in [0.5, 0.6) is 5.75 Å². The smallest absolute Gasteiger partial charge is 0.269 e. The van der Waals surface area contributed by atoms with Gasteiger partial charge in [0.15, 0.2) is 5.13 Å². The highest BCUT2D eigenvalue weighted by Crippen LogP contribution is 2.26. The van der Waals surface area contributed by atoms with Crippen molar-refractivity contribution in [3.05, 3.63) is 75.7 Å². The number of amides is 1.